The fourth-order valence-electron chi connectivity index (χ4n) is 1.20. The summed E-state index contributed by atoms with van der Waals surface area (Å²) in [5, 5.41) is 10.4. The highest BCUT2D eigenvalue weighted by atomic mass is 35.5. The number of hydrogen-bond acceptors (Lipinski definition) is 4. The summed E-state index contributed by atoms with van der Waals surface area (Å²) in [4.78, 5) is 22.5. The first-order valence-electron chi connectivity index (χ1n) is 4.74. The molecule has 0 bridgehead atoms. The maximum Gasteiger partial charge on any atom is 0.342 e. The van der Waals surface area contributed by atoms with Crippen molar-refractivity contribution in [2.75, 3.05) is 12.4 Å². The lowest BCUT2D eigenvalue weighted by Gasteiger charge is -2.09. The van der Waals surface area contributed by atoms with E-state index >= 15 is 0 Å². The van der Waals surface area contributed by atoms with Crippen molar-refractivity contribution in [1.82, 2.24) is 0 Å². The van der Waals surface area contributed by atoms with Crippen molar-refractivity contribution in [1.29, 1.82) is 5.26 Å². The third-order valence-electron chi connectivity index (χ3n) is 1.99. The predicted octanol–water partition coefficient (Wildman–Crippen LogP) is 2.12. The molecule has 1 N–H and O–H groups in total. The summed E-state index contributed by atoms with van der Waals surface area (Å²) in [5.41, 5.74) is -0.423. The maximum absolute atomic E-state index is 13.4. The molecule has 1 aromatic carbocycles. The van der Waals surface area contributed by atoms with Gasteiger partial charge in [0, 0.05) is 0 Å². The first kappa shape index (κ1) is 13.9. The van der Waals surface area contributed by atoms with Crippen LogP contribution in [0.1, 0.15) is 16.8 Å². The average Bonchev–Trinajstić information content (AvgIpc) is 2.33. The zero-order valence-electron chi connectivity index (χ0n) is 9.29. The molecule has 94 valence electrons. The van der Waals surface area contributed by atoms with E-state index in [-0.39, 0.29) is 17.1 Å². The van der Waals surface area contributed by atoms with Crippen LogP contribution in [0.4, 0.5) is 10.1 Å². The first-order valence-corrected chi connectivity index (χ1v) is 5.12. The third-order valence-corrected chi connectivity index (χ3v) is 2.39. The molecule has 0 atom stereocenters. The van der Waals surface area contributed by atoms with Gasteiger partial charge in [-0.1, -0.05) is 11.6 Å². The van der Waals surface area contributed by atoms with Gasteiger partial charge in [0.05, 0.1) is 23.9 Å². The Morgan fingerprint density at radius 1 is 1.56 bits per heavy atom. The largest absolute Gasteiger partial charge is 0.465 e. The number of benzene rings is 1. The number of ether oxygens (including phenoxy) is 1. The highest BCUT2D eigenvalue weighted by Gasteiger charge is 2.20. The summed E-state index contributed by atoms with van der Waals surface area (Å²) in [6.45, 7) is 0. The molecule has 0 spiro atoms. The molecular weight excluding hydrogens is 263 g/mol. The summed E-state index contributed by atoms with van der Waals surface area (Å²) in [5.74, 6) is -2.42. The second-order valence-corrected chi connectivity index (χ2v) is 3.54. The summed E-state index contributed by atoms with van der Waals surface area (Å²) in [6, 6.07) is 3.81. The maximum atomic E-state index is 13.4. The number of carbonyl (C=O) groups excluding carboxylic acids is 2. The lowest BCUT2D eigenvalue weighted by Crippen LogP contribution is -2.13. The molecular formula is C11H8ClFN2O3. The number of anilines is 1. The first-order chi connectivity index (χ1) is 8.51. The standard InChI is InChI=1S/C11H8ClFN2O3/c1-18-11(17)9-6(13)2-3-7(10(9)12)15-8(16)4-5-14/h2-3H,4H2,1H3,(H,15,16). The minimum Gasteiger partial charge on any atom is -0.465 e. The lowest BCUT2D eigenvalue weighted by atomic mass is 10.2. The molecule has 0 fully saturated rings. The minimum absolute atomic E-state index is 0.0405. The number of carbonyl (C=O) groups is 2. The molecule has 1 amide bonds. The van der Waals surface area contributed by atoms with Crippen molar-refractivity contribution in [3.05, 3.63) is 28.5 Å². The molecule has 0 aliphatic rings. The van der Waals surface area contributed by atoms with Gasteiger partial charge in [-0.25, -0.2) is 9.18 Å². The Labute approximate surface area is 107 Å². The van der Waals surface area contributed by atoms with Crippen molar-refractivity contribution in [2.24, 2.45) is 0 Å². The number of halogens is 2. The molecule has 18 heavy (non-hydrogen) atoms. The molecule has 0 saturated heterocycles. The van der Waals surface area contributed by atoms with Crippen LogP contribution in [0.3, 0.4) is 0 Å². The zero-order chi connectivity index (χ0) is 13.7. The molecule has 0 aliphatic carbocycles. The number of nitrogens with one attached hydrogen (secondary N) is 1. The molecule has 1 rings (SSSR count). The molecule has 7 heteroatoms. The number of rotatable bonds is 3. The molecule has 0 radical (unpaired) electrons. The van der Waals surface area contributed by atoms with Gasteiger partial charge < -0.3 is 10.1 Å². The van der Waals surface area contributed by atoms with Crippen molar-refractivity contribution < 1.29 is 18.7 Å². The fraction of sp³-hybridized carbons (Fsp3) is 0.182. The third kappa shape index (κ3) is 2.96. The van der Waals surface area contributed by atoms with Crippen molar-refractivity contribution in [2.45, 2.75) is 6.42 Å². The number of hydrogen-bond donors (Lipinski definition) is 1. The summed E-state index contributed by atoms with van der Waals surface area (Å²) >= 11 is 5.79. The molecule has 0 unspecified atom stereocenters. The van der Waals surface area contributed by atoms with Gasteiger partial charge in [0.15, 0.2) is 0 Å². The molecule has 1 aromatic rings. The van der Waals surface area contributed by atoms with Crippen LogP contribution in [0, 0.1) is 17.1 Å². The second-order valence-electron chi connectivity index (χ2n) is 3.16. The SMILES string of the molecule is COC(=O)c1c(F)ccc(NC(=O)CC#N)c1Cl. The Morgan fingerprint density at radius 2 is 2.22 bits per heavy atom. The Balaban J connectivity index is 3.13. The second kappa shape index (κ2) is 5.98. The highest BCUT2D eigenvalue weighted by molar-refractivity contribution is 6.36. The number of nitriles is 1. The van der Waals surface area contributed by atoms with Crippen LogP contribution in [0.2, 0.25) is 5.02 Å². The van der Waals surface area contributed by atoms with Gasteiger partial charge in [-0.2, -0.15) is 5.26 Å². The van der Waals surface area contributed by atoms with Gasteiger partial charge in [0.25, 0.3) is 0 Å². The average molecular weight is 271 g/mol. The van der Waals surface area contributed by atoms with E-state index in [2.05, 4.69) is 10.1 Å². The van der Waals surface area contributed by atoms with Crippen LogP contribution in [0.25, 0.3) is 0 Å². The molecule has 5 nitrogen and oxygen atoms in total. The van der Waals surface area contributed by atoms with Crippen LogP contribution >= 0.6 is 11.6 Å². The molecule has 0 aromatic heterocycles. The normalized spacial score (nSPS) is 9.44. The number of nitrogens with zero attached hydrogens (tertiary/aromatic N) is 1. The van der Waals surface area contributed by atoms with E-state index in [9.17, 15) is 14.0 Å². The van der Waals surface area contributed by atoms with E-state index in [0.717, 1.165) is 13.2 Å². The quantitative estimate of drug-likeness (QED) is 0.853. The minimum atomic E-state index is -0.950. The van der Waals surface area contributed by atoms with Gasteiger partial charge in [-0.05, 0) is 12.1 Å². The Hall–Kier alpha value is -2.13. The van der Waals surface area contributed by atoms with E-state index in [1.807, 2.05) is 0 Å². The van der Waals surface area contributed by atoms with Crippen molar-refractivity contribution in [3.63, 3.8) is 0 Å². The van der Waals surface area contributed by atoms with E-state index in [4.69, 9.17) is 16.9 Å². The predicted molar refractivity (Wildman–Crippen MR) is 61.6 cm³/mol. The smallest absolute Gasteiger partial charge is 0.342 e. The Kier molecular flexibility index (Phi) is 4.63. The number of methoxy groups -OCH3 is 1. The number of amides is 1. The Bertz CT molecular complexity index is 540. The summed E-state index contributed by atoms with van der Waals surface area (Å²) in [6.07, 6.45) is -0.374. The number of esters is 1. The van der Waals surface area contributed by atoms with Gasteiger partial charge in [0.2, 0.25) is 5.91 Å². The van der Waals surface area contributed by atoms with Crippen molar-refractivity contribution >= 4 is 29.2 Å². The fourth-order valence-corrected chi connectivity index (χ4v) is 1.48. The van der Waals surface area contributed by atoms with Crippen molar-refractivity contribution in [3.8, 4) is 6.07 Å². The topological polar surface area (TPSA) is 79.2 Å². The monoisotopic (exact) mass is 270 g/mol. The zero-order valence-corrected chi connectivity index (χ0v) is 10.0. The highest BCUT2D eigenvalue weighted by Crippen LogP contribution is 2.28. The van der Waals surface area contributed by atoms with Gasteiger partial charge in [-0.3, -0.25) is 4.79 Å². The lowest BCUT2D eigenvalue weighted by molar-refractivity contribution is -0.115. The molecule has 0 heterocycles. The van der Waals surface area contributed by atoms with Gasteiger partial charge in [0.1, 0.15) is 17.8 Å². The van der Waals surface area contributed by atoms with Crippen LogP contribution in [-0.2, 0) is 9.53 Å². The van der Waals surface area contributed by atoms with Crippen LogP contribution in [0.5, 0.6) is 0 Å². The van der Waals surface area contributed by atoms with Crippen LogP contribution in [-0.4, -0.2) is 19.0 Å². The molecule has 0 saturated carbocycles. The van der Waals surface area contributed by atoms with Gasteiger partial charge in [-0.15, -0.1) is 0 Å². The van der Waals surface area contributed by atoms with Gasteiger partial charge >= 0.3 is 5.97 Å². The Morgan fingerprint density at radius 3 is 2.78 bits per heavy atom. The molecule has 0 aliphatic heterocycles. The van der Waals surface area contributed by atoms with Crippen LogP contribution in [0.15, 0.2) is 12.1 Å². The van der Waals surface area contributed by atoms with E-state index in [1.165, 1.54) is 6.07 Å². The summed E-state index contributed by atoms with van der Waals surface area (Å²) in [7, 11) is 1.08. The van der Waals surface area contributed by atoms with E-state index < -0.39 is 23.3 Å². The van der Waals surface area contributed by atoms with E-state index in [1.54, 1.807) is 6.07 Å². The van der Waals surface area contributed by atoms with Crippen LogP contribution < -0.4 is 5.32 Å². The van der Waals surface area contributed by atoms with E-state index in [0.29, 0.717) is 0 Å². The summed E-state index contributed by atoms with van der Waals surface area (Å²) < 4.78 is 17.8.